The summed E-state index contributed by atoms with van der Waals surface area (Å²) >= 11 is 3.44. The smallest absolute Gasteiger partial charge is 0.219 e. The van der Waals surface area contributed by atoms with Gasteiger partial charge >= 0.3 is 0 Å². The van der Waals surface area contributed by atoms with Crippen molar-refractivity contribution >= 4 is 27.7 Å². The molecule has 0 bridgehead atoms. The van der Waals surface area contributed by atoms with Crippen molar-refractivity contribution in [3.63, 3.8) is 0 Å². The molecule has 0 aliphatic carbocycles. The maximum Gasteiger partial charge on any atom is 0.219 e. The van der Waals surface area contributed by atoms with Crippen molar-refractivity contribution in [1.29, 1.82) is 0 Å². The van der Waals surface area contributed by atoms with Crippen LogP contribution in [0.15, 0.2) is 46.9 Å². The van der Waals surface area contributed by atoms with E-state index in [-0.39, 0.29) is 12.3 Å². The molecule has 2 amide bonds. The van der Waals surface area contributed by atoms with Crippen molar-refractivity contribution in [3.05, 3.63) is 46.9 Å². The first-order valence-electron chi connectivity index (χ1n) is 8.11. The molecule has 0 unspecified atom stereocenters. The van der Waals surface area contributed by atoms with E-state index in [9.17, 15) is 9.59 Å². The molecule has 132 valence electrons. The second-order valence-corrected chi connectivity index (χ2v) is 6.62. The average molecular weight is 396 g/mol. The lowest BCUT2D eigenvalue weighted by Crippen LogP contribution is -2.36. The summed E-state index contributed by atoms with van der Waals surface area (Å²) in [4.78, 5) is 26.5. The zero-order chi connectivity index (χ0) is 18.1. The highest BCUT2D eigenvalue weighted by molar-refractivity contribution is 9.11. The van der Waals surface area contributed by atoms with E-state index in [0.29, 0.717) is 13.1 Å². The number of carbonyl (C=O) groups excluding carboxylic acids is 2. The Kier molecular flexibility index (Phi) is 8.54. The summed E-state index contributed by atoms with van der Waals surface area (Å²) in [6, 6.07) is 0. The Labute approximate surface area is 152 Å². The average Bonchev–Trinajstić information content (AvgIpc) is 2.49. The van der Waals surface area contributed by atoms with Gasteiger partial charge < -0.3 is 15.5 Å². The van der Waals surface area contributed by atoms with Gasteiger partial charge in [-0.05, 0) is 18.6 Å². The molecule has 24 heavy (non-hydrogen) atoms. The van der Waals surface area contributed by atoms with Crippen molar-refractivity contribution in [1.82, 2.24) is 9.80 Å². The number of hydrogen-bond acceptors (Lipinski definition) is 3. The van der Waals surface area contributed by atoms with Gasteiger partial charge in [-0.2, -0.15) is 0 Å². The van der Waals surface area contributed by atoms with Gasteiger partial charge in [-0.25, -0.2) is 0 Å². The molecule has 0 aromatic carbocycles. The Morgan fingerprint density at radius 3 is 2.71 bits per heavy atom. The molecule has 1 aliphatic rings. The van der Waals surface area contributed by atoms with Crippen LogP contribution < -0.4 is 5.73 Å². The molecular formula is C18H26BrN3O2. The van der Waals surface area contributed by atoms with Gasteiger partial charge in [-0.15, -0.1) is 0 Å². The van der Waals surface area contributed by atoms with Crippen molar-refractivity contribution in [2.24, 2.45) is 5.73 Å². The number of nitrogens with two attached hydrogens (primary N) is 1. The molecule has 1 heterocycles. The number of amides is 2. The summed E-state index contributed by atoms with van der Waals surface area (Å²) in [5.41, 5.74) is 7.01. The third kappa shape index (κ3) is 6.74. The van der Waals surface area contributed by atoms with Crippen LogP contribution in [-0.4, -0.2) is 34.7 Å². The van der Waals surface area contributed by atoms with Crippen LogP contribution in [0.5, 0.6) is 0 Å². The lowest BCUT2D eigenvalue weighted by Gasteiger charge is -2.31. The van der Waals surface area contributed by atoms with Gasteiger partial charge in [0.1, 0.15) is 0 Å². The van der Waals surface area contributed by atoms with E-state index >= 15 is 0 Å². The highest BCUT2D eigenvalue weighted by atomic mass is 79.9. The van der Waals surface area contributed by atoms with Gasteiger partial charge in [0, 0.05) is 42.0 Å². The molecule has 0 radical (unpaired) electrons. The molecule has 0 aromatic rings. The maximum atomic E-state index is 11.9. The maximum absolute atomic E-state index is 11.9. The molecule has 1 aliphatic heterocycles. The van der Waals surface area contributed by atoms with E-state index in [1.165, 1.54) is 6.92 Å². The van der Waals surface area contributed by atoms with Crippen molar-refractivity contribution in [3.8, 4) is 0 Å². The van der Waals surface area contributed by atoms with Crippen LogP contribution >= 0.6 is 15.9 Å². The van der Waals surface area contributed by atoms with Gasteiger partial charge in [0.25, 0.3) is 0 Å². The fourth-order valence-corrected chi connectivity index (χ4v) is 2.68. The Hall–Kier alpha value is -1.82. The normalized spacial score (nSPS) is 14.6. The van der Waals surface area contributed by atoms with E-state index in [1.54, 1.807) is 4.90 Å². The van der Waals surface area contributed by atoms with Gasteiger partial charge in [-0.3, -0.25) is 9.59 Å². The van der Waals surface area contributed by atoms with E-state index in [4.69, 9.17) is 5.73 Å². The lowest BCUT2D eigenvalue weighted by molar-refractivity contribution is -0.129. The topological polar surface area (TPSA) is 66.6 Å². The summed E-state index contributed by atoms with van der Waals surface area (Å²) < 4.78 is 0.953. The van der Waals surface area contributed by atoms with Crippen LogP contribution in [0.3, 0.4) is 0 Å². The number of unbranched alkanes of at least 4 members (excludes halogenated alkanes) is 2. The Bertz CT molecular complexity index is 579. The lowest BCUT2D eigenvalue weighted by atomic mass is 10.1. The van der Waals surface area contributed by atoms with Crippen LogP contribution in [0.1, 0.15) is 39.5 Å². The minimum atomic E-state index is -0.410. The van der Waals surface area contributed by atoms with Crippen LogP contribution in [0.4, 0.5) is 0 Å². The zero-order valence-electron chi connectivity index (χ0n) is 14.4. The summed E-state index contributed by atoms with van der Waals surface area (Å²) in [5, 5.41) is 0. The molecule has 2 N–H and O–H groups in total. The predicted molar refractivity (Wildman–Crippen MR) is 101 cm³/mol. The van der Waals surface area contributed by atoms with Crippen molar-refractivity contribution in [2.75, 3.05) is 13.1 Å². The first kappa shape index (κ1) is 20.2. The van der Waals surface area contributed by atoms with Crippen LogP contribution in [0.2, 0.25) is 0 Å². The first-order valence-corrected chi connectivity index (χ1v) is 8.90. The van der Waals surface area contributed by atoms with Gasteiger partial charge in [0.05, 0.1) is 6.54 Å². The highest BCUT2D eigenvalue weighted by Gasteiger charge is 2.18. The predicted octanol–water partition coefficient (Wildman–Crippen LogP) is 3.41. The van der Waals surface area contributed by atoms with Gasteiger partial charge in [0.15, 0.2) is 0 Å². The third-order valence-electron chi connectivity index (χ3n) is 3.67. The Balaban J connectivity index is 2.94. The van der Waals surface area contributed by atoms with E-state index in [0.717, 1.165) is 35.1 Å². The number of rotatable bonds is 9. The Morgan fingerprint density at radius 2 is 2.17 bits per heavy atom. The fourth-order valence-electron chi connectivity index (χ4n) is 2.30. The standard InChI is InChI=1S/C18H26BrN3O2/c1-4-5-6-7-17(22-11-8-16(19)12-14(22)2)13-21(15(3)23)10-9-18(20)24/h7-8,11-12H,2,4-6,9-10,13H2,1,3H3,(H2,20,24)/b17-7-. The second-order valence-electron chi connectivity index (χ2n) is 5.70. The van der Waals surface area contributed by atoms with Crippen molar-refractivity contribution < 1.29 is 9.59 Å². The summed E-state index contributed by atoms with van der Waals surface area (Å²) in [7, 11) is 0. The Morgan fingerprint density at radius 1 is 1.46 bits per heavy atom. The number of nitrogens with zero attached hydrogens (tertiary/aromatic N) is 2. The first-order chi connectivity index (χ1) is 11.3. The van der Waals surface area contributed by atoms with Crippen LogP contribution in [-0.2, 0) is 9.59 Å². The molecule has 6 heteroatoms. The number of halogens is 1. The van der Waals surface area contributed by atoms with E-state index in [1.807, 2.05) is 23.3 Å². The molecular weight excluding hydrogens is 370 g/mol. The molecule has 0 saturated carbocycles. The quantitative estimate of drug-likeness (QED) is 0.608. The largest absolute Gasteiger partial charge is 0.370 e. The fraction of sp³-hybridized carbons (Fsp3) is 0.444. The zero-order valence-corrected chi connectivity index (χ0v) is 16.0. The van der Waals surface area contributed by atoms with E-state index < -0.39 is 5.91 Å². The number of primary amides is 1. The second kappa shape index (κ2) is 10.1. The molecule has 5 nitrogen and oxygen atoms in total. The monoisotopic (exact) mass is 395 g/mol. The number of allylic oxidation sites excluding steroid dienone is 4. The highest BCUT2D eigenvalue weighted by Crippen LogP contribution is 2.24. The number of carbonyl (C=O) groups is 2. The summed E-state index contributed by atoms with van der Waals surface area (Å²) in [6.07, 6.45) is 11.2. The molecule has 0 atom stereocenters. The van der Waals surface area contributed by atoms with Crippen LogP contribution in [0.25, 0.3) is 0 Å². The molecule has 1 rings (SSSR count). The van der Waals surface area contributed by atoms with Crippen LogP contribution in [0, 0.1) is 0 Å². The molecule has 0 aromatic heterocycles. The summed E-state index contributed by atoms with van der Waals surface area (Å²) in [5.74, 6) is -0.493. The van der Waals surface area contributed by atoms with Gasteiger partial charge in [-0.1, -0.05) is 48.4 Å². The van der Waals surface area contributed by atoms with Gasteiger partial charge in [0.2, 0.25) is 11.8 Å². The molecule has 0 spiro atoms. The third-order valence-corrected chi connectivity index (χ3v) is 4.16. The molecule has 0 saturated heterocycles. The van der Waals surface area contributed by atoms with E-state index in [2.05, 4.69) is 35.5 Å². The SMILES string of the molecule is C=C1C=C(Br)C=CN1/C(=C\CCCC)CN(CCC(N)=O)C(C)=O. The van der Waals surface area contributed by atoms with Crippen molar-refractivity contribution in [2.45, 2.75) is 39.5 Å². The summed E-state index contributed by atoms with van der Waals surface area (Å²) in [6.45, 7) is 8.45. The number of hydrogen-bond donors (Lipinski definition) is 1. The minimum absolute atomic E-state index is 0.0824. The minimum Gasteiger partial charge on any atom is -0.370 e. The molecule has 0 fully saturated rings.